The molecule has 0 saturated carbocycles. The predicted octanol–water partition coefficient (Wildman–Crippen LogP) is 1.51. The minimum atomic E-state index is -0.661. The third kappa shape index (κ3) is 4.02. The Morgan fingerprint density at radius 2 is 2.19 bits per heavy atom. The zero-order chi connectivity index (χ0) is 12.1. The molecule has 1 fully saturated rings. The van der Waals surface area contributed by atoms with Gasteiger partial charge in [0.25, 0.3) is 5.62 Å². The molecule has 0 aromatic carbocycles. The van der Waals surface area contributed by atoms with Crippen LogP contribution in [0.3, 0.4) is 0 Å². The Bertz CT molecular complexity index is 268. The number of carbonyl (C=O) groups excluding carboxylic acids is 2. The second-order valence-corrected chi connectivity index (χ2v) is 4.59. The molecule has 1 heterocycles. The lowest BCUT2D eigenvalue weighted by Crippen LogP contribution is -2.23. The van der Waals surface area contributed by atoms with Gasteiger partial charge in [-0.2, -0.15) is 0 Å². The first-order valence-corrected chi connectivity index (χ1v) is 6.22. The molecule has 1 saturated heterocycles. The summed E-state index contributed by atoms with van der Waals surface area (Å²) in [5.41, 5.74) is -0.661. The van der Waals surface area contributed by atoms with Crippen LogP contribution in [-0.4, -0.2) is 29.6 Å². The summed E-state index contributed by atoms with van der Waals surface area (Å²) in [7, 11) is 0. The Balaban J connectivity index is 2.31. The molecule has 16 heavy (non-hydrogen) atoms. The molecule has 0 spiro atoms. The van der Waals surface area contributed by atoms with E-state index < -0.39 is 17.9 Å². The van der Waals surface area contributed by atoms with Crippen molar-refractivity contribution in [2.24, 2.45) is 5.92 Å². The Morgan fingerprint density at radius 3 is 2.75 bits per heavy atom. The average Bonchev–Trinajstić information content (AvgIpc) is 2.63. The molecule has 3 atom stereocenters. The SMILES string of the molecule is CCC(C)C(=O)OC1OC(OC(C)=O)CS1. The average molecular weight is 248 g/mol. The summed E-state index contributed by atoms with van der Waals surface area (Å²) in [5, 5.41) is 0. The van der Waals surface area contributed by atoms with Gasteiger partial charge in [0, 0.05) is 6.92 Å². The zero-order valence-electron chi connectivity index (χ0n) is 9.60. The van der Waals surface area contributed by atoms with Crippen LogP contribution in [-0.2, 0) is 23.8 Å². The van der Waals surface area contributed by atoms with Gasteiger partial charge in [-0.3, -0.25) is 14.3 Å². The van der Waals surface area contributed by atoms with E-state index in [1.54, 1.807) is 6.92 Å². The lowest BCUT2D eigenvalue weighted by molar-refractivity contribution is -0.201. The van der Waals surface area contributed by atoms with Crippen molar-refractivity contribution in [3.63, 3.8) is 0 Å². The highest BCUT2D eigenvalue weighted by molar-refractivity contribution is 7.99. The number of hydrogen-bond donors (Lipinski definition) is 0. The standard InChI is InChI=1S/C10H16O5S/c1-4-6(2)9(12)15-10-14-8(5-16-10)13-7(3)11/h6,8,10H,4-5H2,1-3H3. The van der Waals surface area contributed by atoms with Gasteiger partial charge in [0.15, 0.2) is 0 Å². The van der Waals surface area contributed by atoms with Gasteiger partial charge < -0.3 is 9.47 Å². The summed E-state index contributed by atoms with van der Waals surface area (Å²) >= 11 is 1.31. The van der Waals surface area contributed by atoms with Gasteiger partial charge in [-0.1, -0.05) is 25.6 Å². The number of ether oxygens (including phenoxy) is 3. The van der Waals surface area contributed by atoms with Gasteiger partial charge >= 0.3 is 11.9 Å². The second kappa shape index (κ2) is 6.10. The van der Waals surface area contributed by atoms with Gasteiger partial charge in [-0.15, -0.1) is 0 Å². The van der Waals surface area contributed by atoms with Crippen LogP contribution < -0.4 is 0 Å². The molecule has 0 bridgehead atoms. The van der Waals surface area contributed by atoms with E-state index in [9.17, 15) is 9.59 Å². The van der Waals surface area contributed by atoms with Crippen LogP contribution in [0.25, 0.3) is 0 Å². The quantitative estimate of drug-likeness (QED) is 0.703. The molecule has 92 valence electrons. The largest absolute Gasteiger partial charge is 0.435 e. The number of thioether (sulfide) groups is 1. The molecule has 5 nitrogen and oxygen atoms in total. The molecule has 0 amide bonds. The first-order valence-electron chi connectivity index (χ1n) is 5.17. The van der Waals surface area contributed by atoms with Crippen molar-refractivity contribution in [1.82, 2.24) is 0 Å². The van der Waals surface area contributed by atoms with Crippen LogP contribution in [0.2, 0.25) is 0 Å². The highest BCUT2D eigenvalue weighted by Crippen LogP contribution is 2.27. The first-order chi connectivity index (χ1) is 7.52. The van der Waals surface area contributed by atoms with E-state index in [-0.39, 0.29) is 11.9 Å². The van der Waals surface area contributed by atoms with E-state index in [4.69, 9.17) is 14.2 Å². The maximum Gasteiger partial charge on any atom is 0.311 e. The molecular weight excluding hydrogens is 232 g/mol. The van der Waals surface area contributed by atoms with Gasteiger partial charge in [0.1, 0.15) is 0 Å². The van der Waals surface area contributed by atoms with Crippen LogP contribution in [0, 0.1) is 5.92 Å². The fourth-order valence-corrected chi connectivity index (χ4v) is 1.87. The smallest absolute Gasteiger partial charge is 0.311 e. The van der Waals surface area contributed by atoms with E-state index in [1.165, 1.54) is 18.7 Å². The van der Waals surface area contributed by atoms with Crippen molar-refractivity contribution in [2.45, 2.75) is 39.1 Å². The van der Waals surface area contributed by atoms with E-state index in [1.807, 2.05) is 6.92 Å². The van der Waals surface area contributed by atoms with Crippen molar-refractivity contribution in [2.75, 3.05) is 5.75 Å². The Hall–Kier alpha value is -0.750. The minimum absolute atomic E-state index is 0.142. The van der Waals surface area contributed by atoms with Crippen LogP contribution in [0.5, 0.6) is 0 Å². The Morgan fingerprint density at radius 1 is 1.50 bits per heavy atom. The van der Waals surface area contributed by atoms with Crippen molar-refractivity contribution >= 4 is 23.7 Å². The molecule has 3 unspecified atom stereocenters. The third-order valence-corrected chi connectivity index (χ3v) is 3.10. The molecule has 0 aliphatic carbocycles. The number of rotatable bonds is 4. The summed E-state index contributed by atoms with van der Waals surface area (Å²) in [6.45, 7) is 5.02. The highest BCUT2D eigenvalue weighted by atomic mass is 32.2. The third-order valence-electron chi connectivity index (χ3n) is 2.16. The number of esters is 2. The predicted molar refractivity (Wildman–Crippen MR) is 58.4 cm³/mol. The minimum Gasteiger partial charge on any atom is -0.435 e. The molecule has 0 aromatic rings. The maximum absolute atomic E-state index is 11.4. The van der Waals surface area contributed by atoms with Gasteiger partial charge in [0.2, 0.25) is 6.29 Å². The van der Waals surface area contributed by atoms with Gasteiger partial charge in [-0.05, 0) is 6.42 Å². The topological polar surface area (TPSA) is 61.8 Å². The summed E-state index contributed by atoms with van der Waals surface area (Å²) < 4.78 is 15.1. The van der Waals surface area contributed by atoms with E-state index in [0.717, 1.165) is 6.42 Å². The normalized spacial score (nSPS) is 26.2. The lowest BCUT2D eigenvalue weighted by atomic mass is 10.1. The Kier molecular flexibility index (Phi) is 5.08. The monoisotopic (exact) mass is 248 g/mol. The van der Waals surface area contributed by atoms with Crippen LogP contribution >= 0.6 is 11.8 Å². The van der Waals surface area contributed by atoms with Crippen molar-refractivity contribution in [1.29, 1.82) is 0 Å². The fraction of sp³-hybridized carbons (Fsp3) is 0.800. The van der Waals surface area contributed by atoms with E-state index in [2.05, 4.69) is 0 Å². The molecular formula is C10H16O5S. The van der Waals surface area contributed by atoms with Crippen molar-refractivity contribution < 1.29 is 23.8 Å². The van der Waals surface area contributed by atoms with Crippen LogP contribution in [0.15, 0.2) is 0 Å². The fourth-order valence-electron chi connectivity index (χ4n) is 1.05. The van der Waals surface area contributed by atoms with Crippen molar-refractivity contribution in [3.8, 4) is 0 Å². The van der Waals surface area contributed by atoms with Gasteiger partial charge in [-0.25, -0.2) is 0 Å². The second-order valence-electron chi connectivity index (χ2n) is 3.54. The van der Waals surface area contributed by atoms with Crippen LogP contribution in [0.1, 0.15) is 27.2 Å². The van der Waals surface area contributed by atoms with Gasteiger partial charge in [0.05, 0.1) is 11.7 Å². The highest BCUT2D eigenvalue weighted by Gasteiger charge is 2.31. The first kappa shape index (κ1) is 13.3. The summed E-state index contributed by atoms with van der Waals surface area (Å²) in [6.07, 6.45) is 0.112. The molecule has 1 aliphatic rings. The summed E-state index contributed by atoms with van der Waals surface area (Å²) in [4.78, 5) is 22.1. The number of hydrogen-bond acceptors (Lipinski definition) is 6. The Labute approximate surface area is 98.8 Å². The summed E-state index contributed by atoms with van der Waals surface area (Å²) in [6, 6.07) is 0. The molecule has 6 heteroatoms. The van der Waals surface area contributed by atoms with E-state index >= 15 is 0 Å². The molecule has 0 radical (unpaired) electrons. The van der Waals surface area contributed by atoms with Crippen molar-refractivity contribution in [3.05, 3.63) is 0 Å². The maximum atomic E-state index is 11.4. The van der Waals surface area contributed by atoms with Crippen LogP contribution in [0.4, 0.5) is 0 Å². The summed E-state index contributed by atoms with van der Waals surface area (Å²) in [5.74, 6) is -0.349. The van der Waals surface area contributed by atoms with E-state index in [0.29, 0.717) is 5.75 Å². The molecule has 0 aromatic heterocycles. The molecule has 1 rings (SSSR count). The molecule has 0 N–H and O–H groups in total. The number of carbonyl (C=O) groups is 2. The molecule has 1 aliphatic heterocycles. The zero-order valence-corrected chi connectivity index (χ0v) is 10.4. The lowest BCUT2D eigenvalue weighted by Gasteiger charge is -2.15.